The highest BCUT2D eigenvalue weighted by Crippen LogP contribution is 2.22. The van der Waals surface area contributed by atoms with Gasteiger partial charge in [0.1, 0.15) is 11.2 Å². The highest BCUT2D eigenvalue weighted by molar-refractivity contribution is 7.85. The Hall–Kier alpha value is -3.57. The maximum atomic E-state index is 13.2. The van der Waals surface area contributed by atoms with E-state index in [1.165, 1.54) is 0 Å². The van der Waals surface area contributed by atoms with Crippen molar-refractivity contribution in [3.8, 4) is 5.75 Å². The molecule has 0 radical (unpaired) electrons. The molecule has 2 unspecified atom stereocenters. The van der Waals surface area contributed by atoms with E-state index in [4.69, 9.17) is 4.74 Å². The molecule has 3 aromatic rings. The van der Waals surface area contributed by atoms with Gasteiger partial charge in [-0.1, -0.05) is 85.8 Å². The summed E-state index contributed by atoms with van der Waals surface area (Å²) < 4.78 is 18.6. The Balaban J connectivity index is 1.43. The second-order valence-corrected chi connectivity index (χ2v) is 13.8. The van der Waals surface area contributed by atoms with Gasteiger partial charge in [0.25, 0.3) is 5.91 Å². The van der Waals surface area contributed by atoms with Crippen molar-refractivity contribution in [2.45, 2.75) is 70.1 Å². The number of aryl methyl sites for hydroxylation is 2. The molecule has 5 N–H and O–H groups in total. The van der Waals surface area contributed by atoms with Gasteiger partial charge >= 0.3 is 0 Å². The zero-order chi connectivity index (χ0) is 32.9. The van der Waals surface area contributed by atoms with E-state index >= 15 is 0 Å². The Morgan fingerprint density at radius 3 is 2.07 bits per heavy atom. The van der Waals surface area contributed by atoms with Gasteiger partial charge < -0.3 is 20.5 Å². The van der Waals surface area contributed by atoms with E-state index in [0.29, 0.717) is 24.3 Å². The Labute approximate surface area is 275 Å². The van der Waals surface area contributed by atoms with E-state index in [1.807, 2.05) is 99.6 Å². The Morgan fingerprint density at radius 1 is 0.870 bits per heavy atom. The number of para-hydroxylation sites is 1. The molecule has 248 valence electrons. The molecule has 0 spiro atoms. The molecule has 1 aliphatic heterocycles. The minimum Gasteiger partial charge on any atom is -0.483 e. The lowest BCUT2D eigenvalue weighted by atomic mass is 9.93. The van der Waals surface area contributed by atoms with E-state index in [0.717, 1.165) is 35.3 Å². The molecular weight excluding hydrogens is 600 g/mol. The number of aliphatic hydroxyl groups is 1. The van der Waals surface area contributed by atoms with Crippen LogP contribution in [0.3, 0.4) is 0 Å². The average Bonchev–Trinajstić information content (AvgIpc) is 3.57. The Kier molecular flexibility index (Phi) is 13.8. The van der Waals surface area contributed by atoms with E-state index in [1.54, 1.807) is 0 Å². The first kappa shape index (κ1) is 35.3. The quantitative estimate of drug-likeness (QED) is 0.152. The monoisotopic (exact) mass is 648 g/mol. The molecule has 3 aromatic carbocycles. The van der Waals surface area contributed by atoms with Crippen molar-refractivity contribution >= 4 is 22.6 Å². The number of aliphatic hydroxyl groups excluding tert-OH is 1. The number of carbonyl (C=O) groups is 2. The number of nitrogens with one attached hydrogen (secondary N) is 4. The number of carbonyl (C=O) groups excluding carboxylic acids is 2. The number of hydrogen-bond donors (Lipinski definition) is 5. The molecular formula is C36H48N4O5S. The molecule has 1 heterocycles. The van der Waals surface area contributed by atoms with E-state index in [-0.39, 0.29) is 48.7 Å². The van der Waals surface area contributed by atoms with Crippen LogP contribution in [0.5, 0.6) is 5.75 Å². The number of hydrogen-bond acceptors (Lipinski definition) is 7. The van der Waals surface area contributed by atoms with Crippen molar-refractivity contribution < 1.29 is 23.6 Å². The fourth-order valence-corrected chi connectivity index (χ4v) is 7.29. The first-order chi connectivity index (χ1) is 22.2. The lowest BCUT2D eigenvalue weighted by Crippen LogP contribution is -2.49. The third kappa shape index (κ3) is 11.3. The third-order valence-corrected chi connectivity index (χ3v) is 9.87. The molecule has 2 amide bonds. The predicted octanol–water partition coefficient (Wildman–Crippen LogP) is 3.14. The largest absolute Gasteiger partial charge is 0.483 e. The summed E-state index contributed by atoms with van der Waals surface area (Å²) >= 11 is 0. The minimum atomic E-state index is -1.14. The van der Waals surface area contributed by atoms with Crippen LogP contribution in [0.4, 0.5) is 0 Å². The predicted molar refractivity (Wildman–Crippen MR) is 183 cm³/mol. The van der Waals surface area contributed by atoms with Crippen LogP contribution in [0, 0.1) is 19.8 Å². The van der Waals surface area contributed by atoms with Gasteiger partial charge in [-0.3, -0.25) is 24.4 Å². The van der Waals surface area contributed by atoms with Crippen LogP contribution in [-0.2, 0) is 33.2 Å². The molecule has 4 rings (SSSR count). The van der Waals surface area contributed by atoms with Crippen molar-refractivity contribution in [2.24, 2.45) is 5.92 Å². The van der Waals surface area contributed by atoms with E-state index < -0.39 is 22.9 Å². The van der Waals surface area contributed by atoms with Gasteiger partial charge in [0.2, 0.25) is 5.91 Å². The zero-order valence-electron chi connectivity index (χ0n) is 27.0. The standard InChI is InChI=1S/C36H48N4O5S/c1-25(24-46(44)36-37-17-18-38-36)19-33(42)39-30(20-28-13-6-4-7-14-28)22-32(41)31(21-29-15-8-5-9-16-29)40-34(43)23-45-35-26(2)11-10-12-27(35)3/h4-16,25,30-32,36-38,41H,17-24H2,1-3H3,(H,39,42)(H,40,43)/t25?,30-,31-,32-,46?/m0/s1. The van der Waals surface area contributed by atoms with Crippen molar-refractivity contribution in [1.82, 2.24) is 21.3 Å². The second-order valence-electron chi connectivity index (χ2n) is 12.3. The summed E-state index contributed by atoms with van der Waals surface area (Å²) in [6.07, 6.45) is 0.422. The Morgan fingerprint density at radius 2 is 1.46 bits per heavy atom. The number of ether oxygens (including phenoxy) is 1. The molecule has 9 nitrogen and oxygen atoms in total. The van der Waals surface area contributed by atoms with Gasteiger partial charge in [0.05, 0.1) is 22.9 Å². The lowest BCUT2D eigenvalue weighted by molar-refractivity contribution is -0.125. The van der Waals surface area contributed by atoms with Crippen molar-refractivity contribution in [1.29, 1.82) is 0 Å². The Bertz CT molecular complexity index is 1400. The molecule has 0 aromatic heterocycles. The van der Waals surface area contributed by atoms with Gasteiger partial charge in [0.15, 0.2) is 6.61 Å². The lowest BCUT2D eigenvalue weighted by Gasteiger charge is -2.29. The summed E-state index contributed by atoms with van der Waals surface area (Å²) in [5, 5.41) is 24.1. The summed E-state index contributed by atoms with van der Waals surface area (Å²) in [5.74, 6) is 0.501. The van der Waals surface area contributed by atoms with Crippen molar-refractivity contribution in [3.63, 3.8) is 0 Å². The fraction of sp³-hybridized carbons (Fsp3) is 0.444. The molecule has 0 bridgehead atoms. The zero-order valence-corrected chi connectivity index (χ0v) is 27.9. The van der Waals surface area contributed by atoms with Crippen LogP contribution < -0.4 is 26.0 Å². The normalized spacial score (nSPS) is 16.6. The van der Waals surface area contributed by atoms with Gasteiger partial charge in [0, 0.05) is 31.3 Å². The number of rotatable bonds is 17. The molecule has 0 saturated carbocycles. The van der Waals surface area contributed by atoms with Gasteiger partial charge in [-0.15, -0.1) is 0 Å². The second kappa shape index (κ2) is 17.9. The highest BCUT2D eigenvalue weighted by atomic mass is 32.2. The van der Waals surface area contributed by atoms with Crippen LogP contribution in [0.15, 0.2) is 78.9 Å². The van der Waals surface area contributed by atoms with Gasteiger partial charge in [-0.2, -0.15) is 0 Å². The molecule has 10 heteroatoms. The van der Waals surface area contributed by atoms with Gasteiger partial charge in [-0.05, 0) is 61.3 Å². The first-order valence-corrected chi connectivity index (χ1v) is 17.4. The first-order valence-electron chi connectivity index (χ1n) is 16.1. The molecule has 1 fully saturated rings. The van der Waals surface area contributed by atoms with Crippen LogP contribution in [0.25, 0.3) is 0 Å². The SMILES string of the molecule is Cc1cccc(C)c1OCC(=O)N[C@@H](Cc1ccccc1)[C@@H](O)C[C@H](Cc1ccccc1)NC(=O)CC(C)CS(=O)C1NCCN1. The molecule has 1 aliphatic rings. The third-order valence-electron chi connectivity index (χ3n) is 8.11. The minimum absolute atomic E-state index is 0.0886. The summed E-state index contributed by atoms with van der Waals surface area (Å²) in [6.45, 7) is 7.18. The molecule has 5 atom stereocenters. The highest BCUT2D eigenvalue weighted by Gasteiger charge is 2.28. The van der Waals surface area contributed by atoms with Crippen LogP contribution in [0.2, 0.25) is 0 Å². The molecule has 1 saturated heterocycles. The maximum absolute atomic E-state index is 13.2. The molecule has 0 aliphatic carbocycles. The van der Waals surface area contributed by atoms with Crippen LogP contribution in [0.1, 0.15) is 42.0 Å². The topological polar surface area (TPSA) is 129 Å². The van der Waals surface area contributed by atoms with Gasteiger partial charge in [-0.25, -0.2) is 0 Å². The summed E-state index contributed by atoms with van der Waals surface area (Å²) in [4.78, 5) is 26.4. The maximum Gasteiger partial charge on any atom is 0.258 e. The van der Waals surface area contributed by atoms with Crippen molar-refractivity contribution in [3.05, 3.63) is 101 Å². The summed E-state index contributed by atoms with van der Waals surface area (Å²) in [7, 11) is -1.14. The van der Waals surface area contributed by atoms with Crippen LogP contribution >= 0.6 is 0 Å². The summed E-state index contributed by atoms with van der Waals surface area (Å²) in [5.41, 5.74) is 3.65. The number of amides is 2. The number of benzene rings is 3. The van der Waals surface area contributed by atoms with E-state index in [2.05, 4.69) is 21.3 Å². The summed E-state index contributed by atoms with van der Waals surface area (Å²) in [6, 6.07) is 24.3. The average molecular weight is 649 g/mol. The van der Waals surface area contributed by atoms with Crippen molar-refractivity contribution in [2.75, 3.05) is 25.4 Å². The molecule has 46 heavy (non-hydrogen) atoms. The fourth-order valence-electron chi connectivity index (χ4n) is 5.82. The van der Waals surface area contributed by atoms with Crippen LogP contribution in [-0.4, -0.2) is 70.3 Å². The smallest absolute Gasteiger partial charge is 0.258 e. The van der Waals surface area contributed by atoms with E-state index in [9.17, 15) is 18.9 Å².